The first-order chi connectivity index (χ1) is 14.6. The van der Waals surface area contributed by atoms with Crippen LogP contribution in [0.1, 0.15) is 23.5 Å². The SMILES string of the molecule is COc1ccc(-c2nn(-c3ccccc3F)cc2CN(C)[C@H](C)c2nccs2)cc1. The Labute approximate surface area is 179 Å². The van der Waals surface area contributed by atoms with Gasteiger partial charge in [-0.05, 0) is 50.4 Å². The number of hydrogen-bond donors (Lipinski definition) is 0. The van der Waals surface area contributed by atoms with E-state index in [9.17, 15) is 4.39 Å². The second-order valence-corrected chi connectivity index (χ2v) is 8.02. The minimum atomic E-state index is -0.308. The highest BCUT2D eigenvalue weighted by atomic mass is 32.1. The second kappa shape index (κ2) is 8.77. The van der Waals surface area contributed by atoms with E-state index in [4.69, 9.17) is 9.84 Å². The fourth-order valence-electron chi connectivity index (χ4n) is 3.31. The largest absolute Gasteiger partial charge is 0.497 e. The van der Waals surface area contributed by atoms with Crippen molar-refractivity contribution in [1.82, 2.24) is 19.7 Å². The van der Waals surface area contributed by atoms with E-state index in [0.717, 1.165) is 27.6 Å². The number of thiazole rings is 1. The van der Waals surface area contributed by atoms with E-state index in [-0.39, 0.29) is 11.9 Å². The molecule has 4 rings (SSSR count). The number of methoxy groups -OCH3 is 1. The van der Waals surface area contributed by atoms with E-state index in [0.29, 0.717) is 12.2 Å². The van der Waals surface area contributed by atoms with Crippen LogP contribution in [-0.4, -0.2) is 33.8 Å². The van der Waals surface area contributed by atoms with Gasteiger partial charge in [-0.15, -0.1) is 11.3 Å². The summed E-state index contributed by atoms with van der Waals surface area (Å²) in [7, 11) is 3.70. The highest BCUT2D eigenvalue weighted by Crippen LogP contribution is 2.29. The molecule has 154 valence electrons. The lowest BCUT2D eigenvalue weighted by atomic mass is 10.1. The zero-order valence-electron chi connectivity index (χ0n) is 17.1. The van der Waals surface area contributed by atoms with Crippen LogP contribution in [-0.2, 0) is 6.54 Å². The molecule has 30 heavy (non-hydrogen) atoms. The summed E-state index contributed by atoms with van der Waals surface area (Å²) in [6.45, 7) is 2.78. The van der Waals surface area contributed by atoms with Gasteiger partial charge in [0, 0.05) is 35.4 Å². The minimum absolute atomic E-state index is 0.158. The first-order valence-electron chi connectivity index (χ1n) is 9.64. The zero-order valence-corrected chi connectivity index (χ0v) is 17.9. The summed E-state index contributed by atoms with van der Waals surface area (Å²) in [5, 5.41) is 7.78. The van der Waals surface area contributed by atoms with Gasteiger partial charge in [0.1, 0.15) is 22.3 Å². The van der Waals surface area contributed by atoms with Gasteiger partial charge < -0.3 is 4.74 Å². The Morgan fingerprint density at radius 1 is 1.17 bits per heavy atom. The Hall–Kier alpha value is -3.03. The average Bonchev–Trinajstić information content (AvgIpc) is 3.44. The molecule has 0 unspecified atom stereocenters. The third-order valence-corrected chi connectivity index (χ3v) is 6.09. The Morgan fingerprint density at radius 3 is 2.60 bits per heavy atom. The van der Waals surface area contributed by atoms with Crippen LogP contribution in [0.3, 0.4) is 0 Å². The monoisotopic (exact) mass is 422 g/mol. The van der Waals surface area contributed by atoms with Gasteiger partial charge in [0.25, 0.3) is 0 Å². The third kappa shape index (κ3) is 4.13. The lowest BCUT2D eigenvalue weighted by Gasteiger charge is -2.22. The molecule has 0 aliphatic rings. The molecule has 0 aliphatic heterocycles. The number of aromatic nitrogens is 3. The number of rotatable bonds is 7. The average molecular weight is 423 g/mol. The third-order valence-electron chi connectivity index (χ3n) is 5.14. The number of hydrogen-bond acceptors (Lipinski definition) is 5. The van der Waals surface area contributed by atoms with Crippen molar-refractivity contribution in [2.24, 2.45) is 0 Å². The zero-order chi connectivity index (χ0) is 21.1. The standard InChI is InChI=1S/C23H23FN4OS/c1-16(23-25-12-13-30-23)27(2)14-18-15-28(21-7-5-4-6-20(21)24)26-22(18)17-8-10-19(29-3)11-9-17/h4-13,15-16H,14H2,1-3H3/t16-/m1/s1. The van der Waals surface area contributed by atoms with Gasteiger partial charge in [0.2, 0.25) is 0 Å². The topological polar surface area (TPSA) is 43.2 Å². The lowest BCUT2D eigenvalue weighted by Crippen LogP contribution is -2.21. The smallest absolute Gasteiger partial charge is 0.148 e. The van der Waals surface area contributed by atoms with Crippen molar-refractivity contribution in [2.45, 2.75) is 19.5 Å². The van der Waals surface area contributed by atoms with E-state index in [2.05, 4.69) is 23.9 Å². The van der Waals surface area contributed by atoms with E-state index < -0.39 is 0 Å². The van der Waals surface area contributed by atoms with E-state index in [1.165, 1.54) is 6.07 Å². The maximum absolute atomic E-state index is 14.4. The predicted molar refractivity (Wildman–Crippen MR) is 118 cm³/mol. The molecule has 0 N–H and O–H groups in total. The van der Waals surface area contributed by atoms with E-state index in [1.54, 1.807) is 35.3 Å². The van der Waals surface area contributed by atoms with E-state index in [1.807, 2.05) is 48.1 Å². The second-order valence-electron chi connectivity index (χ2n) is 7.09. The molecular formula is C23H23FN4OS. The Morgan fingerprint density at radius 2 is 1.93 bits per heavy atom. The van der Waals surface area contributed by atoms with Crippen molar-refractivity contribution < 1.29 is 9.13 Å². The molecule has 0 bridgehead atoms. The van der Waals surface area contributed by atoms with Crippen LogP contribution < -0.4 is 4.74 Å². The molecule has 2 heterocycles. The van der Waals surface area contributed by atoms with Crippen molar-refractivity contribution in [3.63, 3.8) is 0 Å². The van der Waals surface area contributed by atoms with Gasteiger partial charge in [-0.1, -0.05) is 12.1 Å². The molecule has 4 aromatic rings. The summed E-state index contributed by atoms with van der Waals surface area (Å²) < 4.78 is 21.3. The molecule has 2 aromatic carbocycles. The first-order valence-corrected chi connectivity index (χ1v) is 10.5. The molecule has 7 heteroatoms. The molecule has 0 radical (unpaired) electrons. The van der Waals surface area contributed by atoms with Crippen molar-refractivity contribution in [3.05, 3.63) is 82.7 Å². The molecule has 0 saturated heterocycles. The van der Waals surface area contributed by atoms with Crippen LogP contribution in [0.5, 0.6) is 5.75 Å². The van der Waals surface area contributed by atoms with Gasteiger partial charge >= 0.3 is 0 Å². The van der Waals surface area contributed by atoms with Crippen LogP contribution >= 0.6 is 11.3 Å². The van der Waals surface area contributed by atoms with Gasteiger partial charge in [-0.25, -0.2) is 14.1 Å². The highest BCUT2D eigenvalue weighted by Gasteiger charge is 2.19. The van der Waals surface area contributed by atoms with E-state index >= 15 is 0 Å². The number of nitrogens with zero attached hydrogens (tertiary/aromatic N) is 4. The number of benzene rings is 2. The normalized spacial score (nSPS) is 12.3. The molecule has 0 saturated carbocycles. The number of para-hydroxylation sites is 1. The van der Waals surface area contributed by atoms with Crippen LogP contribution in [0, 0.1) is 5.82 Å². The van der Waals surface area contributed by atoms with Crippen molar-refractivity contribution in [1.29, 1.82) is 0 Å². The van der Waals surface area contributed by atoms with Gasteiger partial charge in [-0.3, -0.25) is 4.90 Å². The highest BCUT2D eigenvalue weighted by molar-refractivity contribution is 7.09. The molecule has 2 aromatic heterocycles. The number of ether oxygens (including phenoxy) is 1. The van der Waals surface area contributed by atoms with Crippen LogP contribution in [0.4, 0.5) is 4.39 Å². The summed E-state index contributed by atoms with van der Waals surface area (Å²) in [6, 6.07) is 14.6. The van der Waals surface area contributed by atoms with Crippen molar-refractivity contribution >= 4 is 11.3 Å². The van der Waals surface area contributed by atoms with Gasteiger partial charge in [0.05, 0.1) is 18.8 Å². The Balaban J connectivity index is 1.72. The number of halogens is 1. The maximum Gasteiger partial charge on any atom is 0.148 e. The molecule has 0 amide bonds. The van der Waals surface area contributed by atoms with Gasteiger partial charge in [-0.2, -0.15) is 5.10 Å². The quantitative estimate of drug-likeness (QED) is 0.403. The Bertz CT molecular complexity index is 1110. The van der Waals surface area contributed by atoms with Crippen LogP contribution in [0.25, 0.3) is 16.9 Å². The van der Waals surface area contributed by atoms with Crippen LogP contribution in [0.15, 0.2) is 66.3 Å². The maximum atomic E-state index is 14.4. The Kier molecular flexibility index (Phi) is 5.92. The first kappa shape index (κ1) is 20.3. The fourth-order valence-corrected chi connectivity index (χ4v) is 4.07. The summed E-state index contributed by atoms with van der Waals surface area (Å²) in [5.74, 6) is 0.473. The van der Waals surface area contributed by atoms with Gasteiger partial charge in [0.15, 0.2) is 0 Å². The predicted octanol–water partition coefficient (Wildman–Crippen LogP) is 5.34. The lowest BCUT2D eigenvalue weighted by molar-refractivity contribution is 0.253. The van der Waals surface area contributed by atoms with Crippen molar-refractivity contribution in [3.8, 4) is 22.7 Å². The molecule has 1 atom stereocenters. The molecular weight excluding hydrogens is 399 g/mol. The van der Waals surface area contributed by atoms with Crippen molar-refractivity contribution in [2.75, 3.05) is 14.2 Å². The van der Waals surface area contributed by atoms with Crippen LogP contribution in [0.2, 0.25) is 0 Å². The molecule has 0 fully saturated rings. The summed E-state index contributed by atoms with van der Waals surface area (Å²) in [6.07, 6.45) is 3.73. The molecule has 0 aliphatic carbocycles. The fraction of sp³-hybridized carbons (Fsp3) is 0.217. The summed E-state index contributed by atoms with van der Waals surface area (Å²) in [4.78, 5) is 6.65. The molecule has 5 nitrogen and oxygen atoms in total. The summed E-state index contributed by atoms with van der Waals surface area (Å²) in [5.41, 5.74) is 3.21. The molecule has 0 spiro atoms. The summed E-state index contributed by atoms with van der Waals surface area (Å²) >= 11 is 1.64. The minimum Gasteiger partial charge on any atom is -0.497 e.